The number of ether oxygens (including phenoxy) is 1. The van der Waals surface area contributed by atoms with Gasteiger partial charge in [0.25, 0.3) is 0 Å². The summed E-state index contributed by atoms with van der Waals surface area (Å²) in [5, 5.41) is 17.2. The van der Waals surface area contributed by atoms with E-state index in [4.69, 9.17) is 10.2 Å². The van der Waals surface area contributed by atoms with Crippen molar-refractivity contribution in [2.45, 2.75) is 25.3 Å². The Labute approximate surface area is 102 Å². The first-order valence-electron chi connectivity index (χ1n) is 5.31. The van der Waals surface area contributed by atoms with E-state index in [-0.39, 0.29) is 19.4 Å². The summed E-state index contributed by atoms with van der Waals surface area (Å²) in [5.41, 5.74) is 0. The number of rotatable bonds is 6. The molecule has 1 unspecified atom stereocenters. The SMILES string of the molecule is O=C(O)CC(C(=O)OCCO)N1C(=O)CCC1=O. The van der Waals surface area contributed by atoms with Crippen molar-refractivity contribution in [3.8, 4) is 0 Å². The number of likely N-dealkylation sites (tertiary alicyclic amines) is 1. The summed E-state index contributed by atoms with van der Waals surface area (Å²) >= 11 is 0. The first-order chi connectivity index (χ1) is 8.47. The van der Waals surface area contributed by atoms with Crippen LogP contribution in [0, 0.1) is 0 Å². The lowest BCUT2D eigenvalue weighted by Gasteiger charge is -2.22. The van der Waals surface area contributed by atoms with Gasteiger partial charge in [-0.3, -0.25) is 19.3 Å². The summed E-state index contributed by atoms with van der Waals surface area (Å²) in [6.07, 6.45) is -0.786. The molecular formula is C10H13NO7. The van der Waals surface area contributed by atoms with Crippen LogP contribution in [0.4, 0.5) is 0 Å². The quantitative estimate of drug-likeness (QED) is 0.440. The molecule has 8 heteroatoms. The largest absolute Gasteiger partial charge is 0.481 e. The van der Waals surface area contributed by atoms with E-state index in [0.29, 0.717) is 4.90 Å². The van der Waals surface area contributed by atoms with Crippen LogP contribution in [-0.2, 0) is 23.9 Å². The molecule has 1 saturated heterocycles. The number of imide groups is 1. The summed E-state index contributed by atoms with van der Waals surface area (Å²) in [7, 11) is 0. The molecule has 1 rings (SSSR count). The van der Waals surface area contributed by atoms with Gasteiger partial charge in [0.05, 0.1) is 13.0 Å². The smallest absolute Gasteiger partial charge is 0.330 e. The Morgan fingerprint density at radius 2 is 1.83 bits per heavy atom. The average molecular weight is 259 g/mol. The third kappa shape index (κ3) is 3.27. The van der Waals surface area contributed by atoms with Crippen LogP contribution in [0.3, 0.4) is 0 Å². The molecule has 0 spiro atoms. The monoisotopic (exact) mass is 259 g/mol. The number of carbonyl (C=O) groups excluding carboxylic acids is 3. The summed E-state index contributed by atoms with van der Waals surface area (Å²) < 4.78 is 4.56. The molecule has 0 aromatic rings. The van der Waals surface area contributed by atoms with E-state index in [2.05, 4.69) is 4.74 Å². The maximum atomic E-state index is 11.6. The molecule has 2 amide bonds. The number of aliphatic carboxylic acids is 1. The number of carboxylic acids is 1. The molecule has 1 atom stereocenters. The lowest BCUT2D eigenvalue weighted by molar-refractivity contribution is -0.161. The number of aliphatic hydroxyl groups is 1. The molecule has 1 heterocycles. The van der Waals surface area contributed by atoms with E-state index in [1.54, 1.807) is 0 Å². The molecule has 0 aliphatic carbocycles. The molecule has 1 aliphatic heterocycles. The van der Waals surface area contributed by atoms with Crippen LogP contribution in [0.25, 0.3) is 0 Å². The minimum Gasteiger partial charge on any atom is -0.481 e. The average Bonchev–Trinajstić information content (AvgIpc) is 2.63. The fraction of sp³-hybridized carbons (Fsp3) is 0.600. The molecule has 0 aromatic heterocycles. The van der Waals surface area contributed by atoms with Crippen LogP contribution in [-0.4, -0.2) is 58.1 Å². The van der Waals surface area contributed by atoms with Crippen LogP contribution in [0.5, 0.6) is 0 Å². The molecular weight excluding hydrogens is 246 g/mol. The molecule has 8 nitrogen and oxygen atoms in total. The Balaban J connectivity index is 2.83. The van der Waals surface area contributed by atoms with Gasteiger partial charge in [0.15, 0.2) is 0 Å². The highest BCUT2D eigenvalue weighted by Crippen LogP contribution is 2.18. The van der Waals surface area contributed by atoms with Gasteiger partial charge in [-0.05, 0) is 0 Å². The van der Waals surface area contributed by atoms with Crippen LogP contribution in [0.15, 0.2) is 0 Å². The second-order valence-electron chi connectivity index (χ2n) is 3.66. The van der Waals surface area contributed by atoms with Gasteiger partial charge in [-0.15, -0.1) is 0 Å². The van der Waals surface area contributed by atoms with Crippen molar-refractivity contribution in [2.24, 2.45) is 0 Å². The summed E-state index contributed by atoms with van der Waals surface area (Å²) in [4.78, 5) is 45.7. The molecule has 1 aliphatic rings. The number of hydrogen-bond acceptors (Lipinski definition) is 6. The number of aliphatic hydroxyl groups excluding tert-OH is 1. The zero-order valence-corrected chi connectivity index (χ0v) is 9.50. The van der Waals surface area contributed by atoms with Gasteiger partial charge < -0.3 is 14.9 Å². The van der Waals surface area contributed by atoms with Crippen LogP contribution < -0.4 is 0 Å². The van der Waals surface area contributed by atoms with E-state index in [1.807, 2.05) is 0 Å². The number of esters is 1. The molecule has 0 bridgehead atoms. The zero-order chi connectivity index (χ0) is 13.7. The van der Waals surface area contributed by atoms with Gasteiger partial charge in [0, 0.05) is 12.8 Å². The van der Waals surface area contributed by atoms with Crippen molar-refractivity contribution >= 4 is 23.8 Å². The Kier molecular flexibility index (Phi) is 4.78. The van der Waals surface area contributed by atoms with Crippen molar-refractivity contribution in [2.75, 3.05) is 13.2 Å². The molecule has 1 fully saturated rings. The number of nitrogens with zero attached hydrogens (tertiary/aromatic N) is 1. The van der Waals surface area contributed by atoms with E-state index in [1.165, 1.54) is 0 Å². The van der Waals surface area contributed by atoms with Crippen molar-refractivity contribution in [3.05, 3.63) is 0 Å². The lowest BCUT2D eigenvalue weighted by Crippen LogP contribution is -2.46. The van der Waals surface area contributed by atoms with Crippen molar-refractivity contribution in [3.63, 3.8) is 0 Å². The maximum Gasteiger partial charge on any atom is 0.330 e. The van der Waals surface area contributed by atoms with Crippen LogP contribution >= 0.6 is 0 Å². The highest BCUT2D eigenvalue weighted by Gasteiger charge is 2.40. The zero-order valence-electron chi connectivity index (χ0n) is 9.50. The van der Waals surface area contributed by atoms with Crippen LogP contribution in [0.2, 0.25) is 0 Å². The molecule has 18 heavy (non-hydrogen) atoms. The minimum absolute atomic E-state index is 0.0395. The topological polar surface area (TPSA) is 121 Å². The van der Waals surface area contributed by atoms with E-state index in [0.717, 1.165) is 0 Å². The molecule has 0 aromatic carbocycles. The fourth-order valence-corrected chi connectivity index (χ4v) is 1.63. The van der Waals surface area contributed by atoms with Gasteiger partial charge in [-0.1, -0.05) is 0 Å². The highest BCUT2D eigenvalue weighted by molar-refractivity contribution is 6.05. The number of amides is 2. The van der Waals surface area contributed by atoms with Gasteiger partial charge in [0.1, 0.15) is 12.6 Å². The molecule has 0 radical (unpaired) electrons. The second kappa shape index (κ2) is 6.10. The van der Waals surface area contributed by atoms with Crippen LogP contribution in [0.1, 0.15) is 19.3 Å². The molecule has 0 saturated carbocycles. The summed E-state index contributed by atoms with van der Waals surface area (Å²) in [6.45, 7) is -0.738. The van der Waals surface area contributed by atoms with E-state index >= 15 is 0 Å². The maximum absolute atomic E-state index is 11.6. The Morgan fingerprint density at radius 1 is 1.28 bits per heavy atom. The third-order valence-electron chi connectivity index (χ3n) is 2.38. The van der Waals surface area contributed by atoms with Gasteiger partial charge in [-0.2, -0.15) is 0 Å². The summed E-state index contributed by atoms with van der Waals surface area (Å²) in [5.74, 6) is -3.51. The number of carboxylic acid groups (broad SMARTS) is 1. The van der Waals surface area contributed by atoms with E-state index < -0.39 is 42.8 Å². The minimum atomic E-state index is -1.46. The van der Waals surface area contributed by atoms with Crippen molar-refractivity contribution in [1.29, 1.82) is 0 Å². The first-order valence-corrected chi connectivity index (χ1v) is 5.31. The lowest BCUT2D eigenvalue weighted by atomic mass is 10.2. The van der Waals surface area contributed by atoms with Crippen molar-refractivity contribution < 1.29 is 34.1 Å². The van der Waals surface area contributed by atoms with Gasteiger partial charge >= 0.3 is 11.9 Å². The Hall–Kier alpha value is -1.96. The molecule has 2 N–H and O–H groups in total. The first kappa shape index (κ1) is 14.1. The highest BCUT2D eigenvalue weighted by atomic mass is 16.5. The Morgan fingerprint density at radius 3 is 2.28 bits per heavy atom. The standard InChI is InChI=1S/C10H13NO7/c12-3-4-18-10(17)6(5-9(15)16)11-7(13)1-2-8(11)14/h6,12H,1-5H2,(H,15,16). The normalized spacial score (nSPS) is 16.8. The van der Waals surface area contributed by atoms with Gasteiger partial charge in [-0.25, -0.2) is 4.79 Å². The second-order valence-corrected chi connectivity index (χ2v) is 3.66. The number of hydrogen-bond donors (Lipinski definition) is 2. The van der Waals surface area contributed by atoms with E-state index in [9.17, 15) is 19.2 Å². The Bertz CT molecular complexity index is 362. The molecule has 100 valence electrons. The predicted octanol–water partition coefficient (Wildman–Crippen LogP) is -1.49. The third-order valence-corrected chi connectivity index (χ3v) is 2.38. The fourth-order valence-electron chi connectivity index (χ4n) is 1.63. The van der Waals surface area contributed by atoms with Crippen molar-refractivity contribution in [1.82, 2.24) is 4.90 Å². The van der Waals surface area contributed by atoms with Gasteiger partial charge in [0.2, 0.25) is 11.8 Å². The summed E-state index contributed by atoms with van der Waals surface area (Å²) in [6, 6.07) is -1.46. The number of carbonyl (C=O) groups is 4. The predicted molar refractivity (Wildman–Crippen MR) is 55.2 cm³/mol.